The van der Waals surface area contributed by atoms with E-state index >= 15 is 0 Å². The zero-order chi connectivity index (χ0) is 16.8. The largest absolute Gasteiger partial charge is 0.370 e. The van der Waals surface area contributed by atoms with E-state index in [4.69, 9.17) is 11.6 Å². The first-order valence-electron chi connectivity index (χ1n) is 7.71. The molecule has 0 spiro atoms. The zero-order valence-corrected chi connectivity index (χ0v) is 14.9. The summed E-state index contributed by atoms with van der Waals surface area (Å²) in [7, 11) is 4.14. The average Bonchev–Trinajstić information content (AvgIpc) is 2.48. The quantitative estimate of drug-likeness (QED) is 0.754. The molecule has 0 saturated heterocycles. The zero-order valence-electron chi connectivity index (χ0n) is 14.2. The first-order chi connectivity index (χ1) is 11.0. The molecule has 1 aromatic heterocycles. The van der Waals surface area contributed by atoms with Crippen molar-refractivity contribution in [1.29, 1.82) is 0 Å². The van der Waals surface area contributed by atoms with Gasteiger partial charge in [0, 0.05) is 12.7 Å². The van der Waals surface area contributed by atoms with E-state index in [1.807, 2.05) is 26.0 Å². The molecule has 2 aromatic rings. The second kappa shape index (κ2) is 8.13. The topological polar surface area (TPSA) is 53.1 Å². The highest BCUT2D eigenvalue weighted by atomic mass is 35.5. The molecule has 0 unspecified atom stereocenters. The van der Waals surface area contributed by atoms with Gasteiger partial charge in [0.1, 0.15) is 5.82 Å². The number of anilines is 3. The van der Waals surface area contributed by atoms with E-state index in [1.54, 1.807) is 6.20 Å². The number of aryl methyl sites for hydroxylation is 2. The summed E-state index contributed by atoms with van der Waals surface area (Å²) in [6.45, 7) is 5.96. The summed E-state index contributed by atoms with van der Waals surface area (Å²) in [5, 5.41) is 7.20. The number of halogens is 1. The number of hydrogen-bond acceptors (Lipinski definition) is 5. The van der Waals surface area contributed by atoms with E-state index in [-0.39, 0.29) is 0 Å². The summed E-state index contributed by atoms with van der Waals surface area (Å²) in [6, 6.07) is 5.88. The summed E-state index contributed by atoms with van der Waals surface area (Å²) in [4.78, 5) is 10.9. The van der Waals surface area contributed by atoms with E-state index in [2.05, 4.69) is 45.7 Å². The normalized spacial score (nSPS) is 10.9. The number of hydrogen-bond donors (Lipinski definition) is 2. The lowest BCUT2D eigenvalue weighted by Gasteiger charge is -2.13. The minimum atomic E-state index is 0.538. The molecule has 0 fully saturated rings. The molecule has 2 rings (SSSR count). The third kappa shape index (κ3) is 5.37. The standard InChI is InChI=1S/C17H24ClN5/c1-12-10-13(2)16(14(18)11-12)22-17-20-8-6-15(21-17)19-7-5-9-23(3)4/h6,8,10-11H,5,7,9H2,1-4H3,(H2,19,20,21,22). The van der Waals surface area contributed by atoms with Gasteiger partial charge in [-0.25, -0.2) is 4.98 Å². The molecule has 1 heterocycles. The highest BCUT2D eigenvalue weighted by Crippen LogP contribution is 2.29. The lowest BCUT2D eigenvalue weighted by Crippen LogP contribution is -2.16. The van der Waals surface area contributed by atoms with Gasteiger partial charge in [0.25, 0.3) is 0 Å². The lowest BCUT2D eigenvalue weighted by atomic mass is 10.1. The molecule has 0 aliphatic carbocycles. The Kier molecular flexibility index (Phi) is 6.19. The van der Waals surface area contributed by atoms with Crippen molar-refractivity contribution in [3.63, 3.8) is 0 Å². The maximum Gasteiger partial charge on any atom is 0.229 e. The van der Waals surface area contributed by atoms with Crippen LogP contribution in [0.15, 0.2) is 24.4 Å². The first-order valence-corrected chi connectivity index (χ1v) is 8.09. The molecule has 6 heteroatoms. The molecule has 124 valence electrons. The number of rotatable bonds is 7. The summed E-state index contributed by atoms with van der Waals surface area (Å²) >= 11 is 6.32. The van der Waals surface area contributed by atoms with E-state index in [0.29, 0.717) is 11.0 Å². The molecule has 23 heavy (non-hydrogen) atoms. The van der Waals surface area contributed by atoms with Crippen LogP contribution in [0.25, 0.3) is 0 Å². The molecule has 0 saturated carbocycles. The smallest absolute Gasteiger partial charge is 0.229 e. The Morgan fingerprint density at radius 3 is 2.70 bits per heavy atom. The Labute approximate surface area is 143 Å². The van der Waals surface area contributed by atoms with Crippen LogP contribution in [0.3, 0.4) is 0 Å². The number of nitrogens with one attached hydrogen (secondary N) is 2. The van der Waals surface area contributed by atoms with Crippen LogP contribution in [0, 0.1) is 13.8 Å². The highest BCUT2D eigenvalue weighted by molar-refractivity contribution is 6.33. The summed E-state index contributed by atoms with van der Waals surface area (Å²) in [6.07, 6.45) is 2.80. The third-order valence-electron chi connectivity index (χ3n) is 3.41. The number of benzene rings is 1. The van der Waals surface area contributed by atoms with Crippen LogP contribution < -0.4 is 10.6 Å². The SMILES string of the molecule is Cc1cc(C)c(Nc2nccc(NCCCN(C)C)n2)c(Cl)c1. The van der Waals surface area contributed by atoms with Crippen molar-refractivity contribution in [3.05, 3.63) is 40.5 Å². The van der Waals surface area contributed by atoms with Gasteiger partial charge in [0.05, 0.1) is 10.7 Å². The van der Waals surface area contributed by atoms with Gasteiger partial charge in [-0.1, -0.05) is 17.7 Å². The first kappa shape index (κ1) is 17.5. The Morgan fingerprint density at radius 2 is 2.00 bits per heavy atom. The summed E-state index contributed by atoms with van der Waals surface area (Å²) in [5.74, 6) is 1.35. The van der Waals surface area contributed by atoms with Crippen molar-refractivity contribution in [3.8, 4) is 0 Å². The Balaban J connectivity index is 2.03. The monoisotopic (exact) mass is 333 g/mol. The van der Waals surface area contributed by atoms with Crippen LogP contribution in [-0.2, 0) is 0 Å². The molecule has 0 aliphatic rings. The van der Waals surface area contributed by atoms with Crippen molar-refractivity contribution in [1.82, 2.24) is 14.9 Å². The highest BCUT2D eigenvalue weighted by Gasteiger charge is 2.07. The van der Waals surface area contributed by atoms with Gasteiger partial charge < -0.3 is 15.5 Å². The second-order valence-electron chi connectivity index (χ2n) is 5.91. The van der Waals surface area contributed by atoms with Crippen LogP contribution >= 0.6 is 11.6 Å². The summed E-state index contributed by atoms with van der Waals surface area (Å²) < 4.78 is 0. The van der Waals surface area contributed by atoms with Crippen molar-refractivity contribution < 1.29 is 0 Å². The molecular formula is C17H24ClN5. The predicted octanol–water partition coefficient (Wildman–Crippen LogP) is 3.85. The molecular weight excluding hydrogens is 310 g/mol. The van der Waals surface area contributed by atoms with Gasteiger partial charge in [-0.15, -0.1) is 0 Å². The summed E-state index contributed by atoms with van der Waals surface area (Å²) in [5.41, 5.74) is 3.06. The maximum absolute atomic E-state index is 6.32. The van der Waals surface area contributed by atoms with E-state index < -0.39 is 0 Å². The minimum absolute atomic E-state index is 0.538. The van der Waals surface area contributed by atoms with Crippen molar-refractivity contribution >= 4 is 29.1 Å². The number of aromatic nitrogens is 2. The maximum atomic E-state index is 6.32. The minimum Gasteiger partial charge on any atom is -0.370 e. The molecule has 0 atom stereocenters. The van der Waals surface area contributed by atoms with Crippen LogP contribution in [-0.4, -0.2) is 42.1 Å². The Bertz CT molecular complexity index is 634. The van der Waals surface area contributed by atoms with Gasteiger partial charge in [-0.05, 0) is 64.2 Å². The van der Waals surface area contributed by atoms with Gasteiger partial charge >= 0.3 is 0 Å². The molecule has 0 bridgehead atoms. The molecule has 1 aromatic carbocycles. The van der Waals surface area contributed by atoms with Gasteiger partial charge in [0.15, 0.2) is 0 Å². The fraction of sp³-hybridized carbons (Fsp3) is 0.412. The van der Waals surface area contributed by atoms with Crippen molar-refractivity contribution in [2.75, 3.05) is 37.8 Å². The Hall–Kier alpha value is -1.85. The molecule has 2 N–H and O–H groups in total. The molecule has 0 radical (unpaired) electrons. The Morgan fingerprint density at radius 1 is 1.22 bits per heavy atom. The van der Waals surface area contributed by atoms with Gasteiger partial charge in [-0.3, -0.25) is 0 Å². The molecule has 0 aliphatic heterocycles. The second-order valence-corrected chi connectivity index (χ2v) is 6.32. The van der Waals surface area contributed by atoms with Gasteiger partial charge in [0.2, 0.25) is 5.95 Å². The number of nitrogens with zero attached hydrogens (tertiary/aromatic N) is 3. The predicted molar refractivity (Wildman–Crippen MR) is 97.9 cm³/mol. The van der Waals surface area contributed by atoms with E-state index in [1.165, 1.54) is 0 Å². The lowest BCUT2D eigenvalue weighted by molar-refractivity contribution is 0.405. The van der Waals surface area contributed by atoms with Crippen LogP contribution in [0.1, 0.15) is 17.5 Å². The van der Waals surface area contributed by atoms with E-state index in [0.717, 1.165) is 42.1 Å². The van der Waals surface area contributed by atoms with Crippen molar-refractivity contribution in [2.45, 2.75) is 20.3 Å². The van der Waals surface area contributed by atoms with Crippen LogP contribution in [0.5, 0.6) is 0 Å². The van der Waals surface area contributed by atoms with Crippen molar-refractivity contribution in [2.24, 2.45) is 0 Å². The van der Waals surface area contributed by atoms with Gasteiger partial charge in [-0.2, -0.15) is 4.98 Å². The molecule has 0 amide bonds. The van der Waals surface area contributed by atoms with Crippen LogP contribution in [0.4, 0.5) is 17.5 Å². The molecule has 5 nitrogen and oxygen atoms in total. The third-order valence-corrected chi connectivity index (χ3v) is 3.71. The van der Waals surface area contributed by atoms with Crippen LogP contribution in [0.2, 0.25) is 5.02 Å². The average molecular weight is 334 g/mol. The fourth-order valence-electron chi connectivity index (χ4n) is 2.31. The van der Waals surface area contributed by atoms with E-state index in [9.17, 15) is 0 Å². The fourth-order valence-corrected chi connectivity index (χ4v) is 2.68.